The Morgan fingerprint density at radius 2 is 1.00 bits per heavy atom. The van der Waals surface area contributed by atoms with Crippen molar-refractivity contribution in [3.8, 4) is 0 Å². The van der Waals surface area contributed by atoms with Gasteiger partial charge in [0.2, 0.25) is 0 Å². The van der Waals surface area contributed by atoms with Crippen LogP contribution in [0, 0.1) is 0 Å². The lowest BCUT2D eigenvalue weighted by Crippen LogP contribution is -1.88. The summed E-state index contributed by atoms with van der Waals surface area (Å²) in [4.78, 5) is 0.113. The monoisotopic (exact) mass is 544 g/mol. The van der Waals surface area contributed by atoms with Crippen LogP contribution in [0.15, 0.2) is 68.4 Å². The summed E-state index contributed by atoms with van der Waals surface area (Å²) in [5.41, 5.74) is 0. The molecule has 0 radical (unpaired) electrons. The number of halogens is 5. The molecule has 0 N–H and O–H groups in total. The van der Waals surface area contributed by atoms with E-state index in [-0.39, 0.29) is 4.90 Å². The molecule has 0 atom stereocenters. The highest BCUT2D eigenvalue weighted by molar-refractivity contribution is 9.10. The molecule has 0 bridgehead atoms. The number of rotatable bonds is 1. The van der Waals surface area contributed by atoms with Crippen molar-refractivity contribution in [2.24, 2.45) is 0 Å². The van der Waals surface area contributed by atoms with Crippen molar-refractivity contribution in [3.63, 3.8) is 0 Å². The molecule has 2 rings (SSSR count). The fourth-order valence-corrected chi connectivity index (χ4v) is 2.35. The number of hydrogen-bond acceptors (Lipinski definition) is 4. The van der Waals surface area contributed by atoms with E-state index in [9.17, 15) is 8.42 Å². The van der Waals surface area contributed by atoms with E-state index >= 15 is 0 Å². The van der Waals surface area contributed by atoms with Gasteiger partial charge in [0.25, 0.3) is 9.05 Å². The lowest BCUT2D eigenvalue weighted by molar-refractivity contribution is 0.609. The van der Waals surface area contributed by atoms with Gasteiger partial charge in [-0.2, -0.15) is 8.42 Å². The van der Waals surface area contributed by atoms with E-state index in [1.807, 2.05) is 30.3 Å². The molecular formula is C12H9Br2Cl3O4S2. The second-order valence-corrected chi connectivity index (χ2v) is 11.6. The molecule has 0 saturated heterocycles. The minimum absolute atomic E-state index is 0.113. The zero-order chi connectivity index (χ0) is 18.1. The SMILES string of the molecule is Brc1ccccc1.O=S(=O)(Cl)Cl.O=S(=O)(Cl)c1ccc(Br)cc1. The highest BCUT2D eigenvalue weighted by Gasteiger charge is 2.07. The molecule has 128 valence electrons. The van der Waals surface area contributed by atoms with Crippen molar-refractivity contribution in [1.29, 1.82) is 0 Å². The van der Waals surface area contributed by atoms with Crippen molar-refractivity contribution in [1.82, 2.24) is 0 Å². The van der Waals surface area contributed by atoms with E-state index in [4.69, 9.17) is 19.1 Å². The third-order valence-electron chi connectivity index (χ3n) is 1.83. The molecule has 0 amide bonds. The Morgan fingerprint density at radius 3 is 1.26 bits per heavy atom. The van der Waals surface area contributed by atoms with Gasteiger partial charge < -0.3 is 0 Å². The topological polar surface area (TPSA) is 68.3 Å². The molecule has 0 spiro atoms. The van der Waals surface area contributed by atoms with Gasteiger partial charge in [-0.15, -0.1) is 0 Å². The quantitative estimate of drug-likeness (QED) is 0.440. The molecular weight excluding hydrogens is 538 g/mol. The summed E-state index contributed by atoms with van der Waals surface area (Å²) in [6.45, 7) is 0. The van der Waals surface area contributed by atoms with Gasteiger partial charge in [-0.1, -0.05) is 50.1 Å². The predicted molar refractivity (Wildman–Crippen MR) is 102 cm³/mol. The molecule has 0 fully saturated rings. The highest BCUT2D eigenvalue weighted by Crippen LogP contribution is 2.17. The Morgan fingerprint density at radius 1 is 0.652 bits per heavy atom. The van der Waals surface area contributed by atoms with Crippen molar-refractivity contribution in [2.75, 3.05) is 0 Å². The van der Waals surface area contributed by atoms with Gasteiger partial charge in [0.1, 0.15) is 0 Å². The molecule has 23 heavy (non-hydrogen) atoms. The van der Waals surface area contributed by atoms with Crippen molar-refractivity contribution >= 4 is 81.2 Å². The van der Waals surface area contributed by atoms with Crippen LogP contribution in [0.3, 0.4) is 0 Å². The molecule has 0 aromatic heterocycles. The third-order valence-corrected chi connectivity index (χ3v) is 4.26. The standard InChI is InChI=1S/C6H4BrClO2S.C6H5Br.Cl2O2S/c7-5-1-3-6(4-2-5)11(8,9)10;7-6-4-2-1-3-5-6;1-5(2,3)4/h1-4H;1-5H;. The molecule has 0 aliphatic heterocycles. The highest BCUT2D eigenvalue weighted by atomic mass is 79.9. The smallest absolute Gasteiger partial charge is 0.207 e. The van der Waals surface area contributed by atoms with Crippen LogP contribution < -0.4 is 0 Å². The first-order chi connectivity index (χ1) is 10.4. The Bertz CT molecular complexity index is 788. The van der Waals surface area contributed by atoms with Crippen LogP contribution in [0.2, 0.25) is 0 Å². The second-order valence-electron chi connectivity index (χ2n) is 3.57. The first kappa shape index (κ1) is 23.2. The van der Waals surface area contributed by atoms with Crippen LogP contribution >= 0.6 is 63.9 Å². The average molecular weight is 548 g/mol. The Hall–Kier alpha value is 0.170. The number of hydrogen-bond donors (Lipinski definition) is 0. The average Bonchev–Trinajstić information content (AvgIpc) is 2.38. The van der Waals surface area contributed by atoms with E-state index in [1.165, 1.54) is 12.1 Å². The molecule has 0 unspecified atom stereocenters. The van der Waals surface area contributed by atoms with E-state index < -0.39 is 17.3 Å². The summed E-state index contributed by atoms with van der Waals surface area (Å²) in [7, 11) is 6.31. The summed E-state index contributed by atoms with van der Waals surface area (Å²) in [5, 5.41) is 0. The molecule has 0 saturated carbocycles. The van der Waals surface area contributed by atoms with Crippen LogP contribution in [0.25, 0.3) is 0 Å². The summed E-state index contributed by atoms with van der Waals surface area (Å²) in [6, 6.07) is 16.1. The molecule has 2 aromatic carbocycles. The first-order valence-corrected chi connectivity index (χ1v) is 12.5. The van der Waals surface area contributed by atoms with E-state index in [0.717, 1.165) is 8.95 Å². The molecule has 0 aliphatic carbocycles. The molecule has 4 nitrogen and oxygen atoms in total. The van der Waals surface area contributed by atoms with Crippen LogP contribution in [0.4, 0.5) is 0 Å². The minimum Gasteiger partial charge on any atom is -0.207 e. The van der Waals surface area contributed by atoms with Crippen molar-refractivity contribution in [3.05, 3.63) is 63.5 Å². The zero-order valence-corrected chi connectivity index (χ0v) is 18.1. The van der Waals surface area contributed by atoms with Crippen molar-refractivity contribution < 1.29 is 16.8 Å². The lowest BCUT2D eigenvalue weighted by atomic mass is 10.4. The maximum atomic E-state index is 10.7. The first-order valence-electron chi connectivity index (χ1n) is 5.44. The maximum Gasteiger partial charge on any atom is 0.317 e. The molecule has 2 aromatic rings. The van der Waals surface area contributed by atoms with Gasteiger partial charge in [0.05, 0.1) is 4.90 Å². The van der Waals surface area contributed by atoms with Gasteiger partial charge in [-0.3, -0.25) is 0 Å². The van der Waals surface area contributed by atoms with Gasteiger partial charge in [0.15, 0.2) is 0 Å². The van der Waals surface area contributed by atoms with E-state index in [0.29, 0.717) is 0 Å². The number of benzene rings is 2. The summed E-state index contributed by atoms with van der Waals surface area (Å²) >= 11 is 6.49. The third kappa shape index (κ3) is 15.4. The predicted octanol–water partition coefficient (Wildman–Crippen LogP) is 5.53. The van der Waals surface area contributed by atoms with Gasteiger partial charge in [-0.25, -0.2) is 8.42 Å². The minimum atomic E-state index is -3.72. The fraction of sp³-hybridized carbons (Fsp3) is 0. The van der Waals surface area contributed by atoms with Crippen LogP contribution in [-0.4, -0.2) is 16.8 Å². The summed E-state index contributed by atoms with van der Waals surface area (Å²) in [6.07, 6.45) is 0. The van der Waals surface area contributed by atoms with E-state index in [1.54, 1.807) is 12.1 Å². The Labute approximate surface area is 165 Å². The van der Waals surface area contributed by atoms with Crippen LogP contribution in [0.5, 0.6) is 0 Å². The second kappa shape index (κ2) is 10.9. The lowest BCUT2D eigenvalue weighted by Gasteiger charge is -1.93. The Balaban J connectivity index is 0.000000347. The van der Waals surface area contributed by atoms with Gasteiger partial charge in [0, 0.05) is 41.0 Å². The molecule has 0 heterocycles. The Kier molecular flexibility index (Phi) is 11.0. The summed E-state index contributed by atoms with van der Waals surface area (Å²) < 4.78 is 41.7. The van der Waals surface area contributed by atoms with E-state index in [2.05, 4.69) is 53.2 Å². The normalized spacial score (nSPS) is 10.7. The molecule has 0 aliphatic rings. The summed E-state index contributed by atoms with van der Waals surface area (Å²) in [5.74, 6) is 0. The zero-order valence-electron chi connectivity index (χ0n) is 11.0. The largest absolute Gasteiger partial charge is 0.317 e. The van der Waals surface area contributed by atoms with Crippen LogP contribution in [0.1, 0.15) is 0 Å². The van der Waals surface area contributed by atoms with Gasteiger partial charge >= 0.3 is 8.26 Å². The van der Waals surface area contributed by atoms with Crippen molar-refractivity contribution in [2.45, 2.75) is 4.90 Å². The van der Waals surface area contributed by atoms with Gasteiger partial charge in [-0.05, 0) is 36.4 Å². The molecule has 11 heteroatoms. The van der Waals surface area contributed by atoms with Crippen LogP contribution in [-0.2, 0) is 17.3 Å². The fourth-order valence-electron chi connectivity index (χ4n) is 1.01. The maximum absolute atomic E-state index is 10.7.